The van der Waals surface area contributed by atoms with E-state index in [9.17, 15) is 24.5 Å². The van der Waals surface area contributed by atoms with Crippen molar-refractivity contribution in [2.45, 2.75) is 6.92 Å². The number of amides is 4. The van der Waals surface area contributed by atoms with Crippen LogP contribution in [0.2, 0.25) is 0 Å². The number of rotatable bonds is 5. The molecule has 1 saturated heterocycles. The highest BCUT2D eigenvalue weighted by molar-refractivity contribution is 6.39. The fraction of sp³-hybridized carbons (Fsp3) is 0.0870. The zero-order chi connectivity index (χ0) is 23.7. The summed E-state index contributed by atoms with van der Waals surface area (Å²) in [6.07, 6.45) is 1.24. The molecule has 0 bridgehead atoms. The highest BCUT2D eigenvalue weighted by Crippen LogP contribution is 2.30. The van der Waals surface area contributed by atoms with Crippen LogP contribution in [0.1, 0.15) is 11.3 Å². The van der Waals surface area contributed by atoms with Crippen LogP contribution in [0, 0.1) is 17.0 Å². The van der Waals surface area contributed by atoms with Crippen molar-refractivity contribution in [2.24, 2.45) is 0 Å². The van der Waals surface area contributed by atoms with Crippen LogP contribution in [0.15, 0.2) is 64.6 Å². The highest BCUT2D eigenvalue weighted by Gasteiger charge is 2.37. The highest BCUT2D eigenvalue weighted by atomic mass is 16.6. The van der Waals surface area contributed by atoms with E-state index in [1.54, 1.807) is 37.3 Å². The van der Waals surface area contributed by atoms with Crippen LogP contribution >= 0.6 is 0 Å². The van der Waals surface area contributed by atoms with Crippen molar-refractivity contribution in [3.8, 4) is 17.1 Å². The number of nitro benzene ring substituents is 1. The van der Waals surface area contributed by atoms with E-state index in [0.717, 1.165) is 4.90 Å². The zero-order valence-corrected chi connectivity index (χ0v) is 17.5. The van der Waals surface area contributed by atoms with Crippen molar-refractivity contribution in [3.05, 3.63) is 81.6 Å². The number of ether oxygens (including phenoxy) is 1. The zero-order valence-electron chi connectivity index (χ0n) is 17.5. The molecule has 0 saturated carbocycles. The van der Waals surface area contributed by atoms with Gasteiger partial charge in [0, 0.05) is 17.7 Å². The summed E-state index contributed by atoms with van der Waals surface area (Å²) in [5.74, 6) is -0.510. The topological polar surface area (TPSA) is 132 Å². The summed E-state index contributed by atoms with van der Waals surface area (Å²) in [6, 6.07) is 12.9. The third-order valence-corrected chi connectivity index (χ3v) is 5.03. The first-order valence-corrected chi connectivity index (χ1v) is 9.69. The number of imide groups is 2. The molecule has 1 aliphatic heterocycles. The van der Waals surface area contributed by atoms with Gasteiger partial charge in [0.25, 0.3) is 17.5 Å². The number of carbonyl (C=O) groups excluding carboxylic acids is 3. The third-order valence-electron chi connectivity index (χ3n) is 5.03. The van der Waals surface area contributed by atoms with Gasteiger partial charge in [-0.2, -0.15) is 0 Å². The first-order chi connectivity index (χ1) is 15.8. The number of nitrogens with one attached hydrogen (secondary N) is 1. The van der Waals surface area contributed by atoms with Crippen molar-refractivity contribution >= 4 is 35.3 Å². The second kappa shape index (κ2) is 8.42. The minimum atomic E-state index is -0.867. The molecule has 4 amide bonds. The predicted molar refractivity (Wildman–Crippen MR) is 118 cm³/mol. The van der Waals surface area contributed by atoms with Crippen LogP contribution in [-0.2, 0) is 9.59 Å². The summed E-state index contributed by atoms with van der Waals surface area (Å²) in [4.78, 5) is 48.9. The molecule has 1 aliphatic rings. The van der Waals surface area contributed by atoms with Gasteiger partial charge in [-0.05, 0) is 61.0 Å². The summed E-state index contributed by atoms with van der Waals surface area (Å²) in [5, 5.41) is 13.1. The van der Waals surface area contributed by atoms with Gasteiger partial charge in [0.2, 0.25) is 0 Å². The second-order valence-corrected chi connectivity index (χ2v) is 7.11. The Kier molecular flexibility index (Phi) is 5.49. The molecule has 0 radical (unpaired) electrons. The molecule has 33 heavy (non-hydrogen) atoms. The molecule has 1 aromatic heterocycles. The number of benzene rings is 2. The Morgan fingerprint density at radius 2 is 1.79 bits per heavy atom. The van der Waals surface area contributed by atoms with E-state index >= 15 is 0 Å². The summed E-state index contributed by atoms with van der Waals surface area (Å²) < 4.78 is 10.8. The van der Waals surface area contributed by atoms with Crippen LogP contribution < -0.4 is 15.0 Å². The minimum Gasteiger partial charge on any atom is -0.497 e. The maximum atomic E-state index is 13.0. The molecule has 1 fully saturated rings. The fourth-order valence-corrected chi connectivity index (χ4v) is 3.38. The van der Waals surface area contributed by atoms with Crippen LogP contribution in [0.3, 0.4) is 0 Å². The number of hydrogen-bond donors (Lipinski definition) is 1. The lowest BCUT2D eigenvalue weighted by Crippen LogP contribution is -2.54. The van der Waals surface area contributed by atoms with Crippen molar-refractivity contribution in [1.29, 1.82) is 0 Å². The summed E-state index contributed by atoms with van der Waals surface area (Å²) in [5.41, 5.74) is 1.18. The number of furan rings is 1. The van der Waals surface area contributed by atoms with Gasteiger partial charge in [-0.1, -0.05) is 0 Å². The maximum Gasteiger partial charge on any atom is 0.335 e. The normalized spacial score (nSPS) is 15.0. The number of nitrogens with zero attached hydrogens (tertiary/aromatic N) is 2. The third kappa shape index (κ3) is 4.09. The van der Waals surface area contributed by atoms with Crippen molar-refractivity contribution in [1.82, 2.24) is 5.32 Å². The van der Waals surface area contributed by atoms with Crippen molar-refractivity contribution < 1.29 is 28.5 Å². The fourth-order valence-electron chi connectivity index (χ4n) is 3.38. The number of nitro groups is 1. The van der Waals surface area contributed by atoms with Gasteiger partial charge in [0.15, 0.2) is 0 Å². The lowest BCUT2D eigenvalue weighted by atomic mass is 10.1. The average Bonchev–Trinajstić information content (AvgIpc) is 3.25. The molecule has 2 aromatic carbocycles. The number of urea groups is 1. The Hall–Kier alpha value is -4.73. The standard InChI is InChI=1S/C23H17N3O7/c1-13-11-15(26(30)31)5-9-18(13)20-10-8-17(33-20)12-19-21(27)24-23(29)25(22(19)28)14-3-6-16(32-2)7-4-14/h3-12H,1-2H3,(H,24,27,29). The van der Waals surface area contributed by atoms with Crippen LogP contribution in [-0.4, -0.2) is 29.9 Å². The quantitative estimate of drug-likeness (QED) is 0.272. The largest absolute Gasteiger partial charge is 0.497 e. The summed E-state index contributed by atoms with van der Waals surface area (Å²) in [6.45, 7) is 1.71. The van der Waals surface area contributed by atoms with E-state index < -0.39 is 22.8 Å². The molecule has 0 aliphatic carbocycles. The molecule has 166 valence electrons. The van der Waals surface area contributed by atoms with Crippen molar-refractivity contribution in [3.63, 3.8) is 0 Å². The van der Waals surface area contributed by atoms with E-state index in [4.69, 9.17) is 9.15 Å². The average molecular weight is 447 g/mol. The smallest absolute Gasteiger partial charge is 0.335 e. The number of carbonyl (C=O) groups is 3. The molecule has 0 spiro atoms. The molecular formula is C23H17N3O7. The molecule has 0 unspecified atom stereocenters. The van der Waals surface area contributed by atoms with Gasteiger partial charge >= 0.3 is 6.03 Å². The monoisotopic (exact) mass is 447 g/mol. The number of hydrogen-bond acceptors (Lipinski definition) is 7. The van der Waals surface area contributed by atoms with Gasteiger partial charge in [0.05, 0.1) is 17.7 Å². The van der Waals surface area contributed by atoms with Gasteiger partial charge < -0.3 is 9.15 Å². The van der Waals surface area contributed by atoms with E-state index in [1.807, 2.05) is 0 Å². The number of barbiturate groups is 1. The first kappa shape index (κ1) is 21.5. The Morgan fingerprint density at radius 1 is 1.06 bits per heavy atom. The predicted octanol–water partition coefficient (Wildman–Crippen LogP) is 3.84. The summed E-state index contributed by atoms with van der Waals surface area (Å²) in [7, 11) is 1.49. The van der Waals surface area contributed by atoms with E-state index in [1.165, 1.54) is 37.5 Å². The van der Waals surface area contributed by atoms with E-state index in [0.29, 0.717) is 22.6 Å². The Balaban J connectivity index is 1.65. The molecular weight excluding hydrogens is 430 g/mol. The van der Waals surface area contributed by atoms with Gasteiger partial charge in [-0.15, -0.1) is 0 Å². The minimum absolute atomic E-state index is 0.0436. The van der Waals surface area contributed by atoms with Gasteiger partial charge in [-0.25, -0.2) is 9.69 Å². The second-order valence-electron chi connectivity index (χ2n) is 7.11. The molecule has 10 nitrogen and oxygen atoms in total. The molecule has 4 rings (SSSR count). The molecule has 2 heterocycles. The first-order valence-electron chi connectivity index (χ1n) is 9.69. The van der Waals surface area contributed by atoms with Crippen LogP contribution in [0.5, 0.6) is 5.75 Å². The number of methoxy groups -OCH3 is 1. The lowest BCUT2D eigenvalue weighted by molar-refractivity contribution is -0.384. The number of anilines is 1. The number of non-ortho nitro benzene ring substituents is 1. The van der Waals surface area contributed by atoms with E-state index in [-0.39, 0.29) is 22.7 Å². The Bertz CT molecular complexity index is 1320. The van der Waals surface area contributed by atoms with Crippen LogP contribution in [0.25, 0.3) is 17.4 Å². The van der Waals surface area contributed by atoms with Gasteiger partial charge in [0.1, 0.15) is 22.8 Å². The Morgan fingerprint density at radius 3 is 2.42 bits per heavy atom. The van der Waals surface area contributed by atoms with Crippen molar-refractivity contribution in [2.75, 3.05) is 12.0 Å². The molecule has 1 N–H and O–H groups in total. The maximum absolute atomic E-state index is 13.0. The van der Waals surface area contributed by atoms with Crippen LogP contribution in [0.4, 0.5) is 16.2 Å². The number of aryl methyl sites for hydroxylation is 1. The summed E-state index contributed by atoms with van der Waals surface area (Å²) >= 11 is 0. The van der Waals surface area contributed by atoms with E-state index in [2.05, 4.69) is 5.32 Å². The molecule has 10 heteroatoms. The molecule has 3 aromatic rings. The van der Waals surface area contributed by atoms with Gasteiger partial charge in [-0.3, -0.25) is 25.0 Å². The SMILES string of the molecule is COc1ccc(N2C(=O)NC(=O)C(=Cc3ccc(-c4ccc([N+](=O)[O-])cc4C)o3)C2=O)cc1. The molecule has 0 atom stereocenters. The Labute approximate surface area is 187 Å². The lowest BCUT2D eigenvalue weighted by Gasteiger charge is -2.26.